The number of carbonyl (C=O) groups excluding carboxylic acids is 2. The van der Waals surface area contributed by atoms with Crippen LogP contribution in [0.15, 0.2) is 12.1 Å². The van der Waals surface area contributed by atoms with Crippen molar-refractivity contribution in [2.75, 3.05) is 19.8 Å². The van der Waals surface area contributed by atoms with E-state index in [4.69, 9.17) is 31.5 Å². The number of aromatic amines is 1. The lowest BCUT2D eigenvalue weighted by molar-refractivity contribution is -0.119. The second-order valence-electron chi connectivity index (χ2n) is 4.71. The Balaban J connectivity index is 2.45. The Morgan fingerprint density at radius 2 is 1.96 bits per heavy atom. The number of H-pyrrole nitrogens is 1. The topological polar surface area (TPSA) is 129 Å². The van der Waals surface area contributed by atoms with Crippen molar-refractivity contribution in [1.82, 2.24) is 15.4 Å². The van der Waals surface area contributed by atoms with E-state index in [1.54, 1.807) is 19.9 Å². The quantitative estimate of drug-likeness (QED) is 0.676. The number of nitrogens with zero attached hydrogens (tertiary/aromatic N) is 2. The summed E-state index contributed by atoms with van der Waals surface area (Å²) in [6.07, 6.45) is 0. The van der Waals surface area contributed by atoms with Crippen LogP contribution in [0.2, 0.25) is 5.02 Å². The molecule has 0 unspecified atom stereocenters. The molecule has 0 aliphatic carbocycles. The van der Waals surface area contributed by atoms with Crippen molar-refractivity contribution in [2.45, 2.75) is 13.8 Å². The molecule has 0 aliphatic heterocycles. The van der Waals surface area contributed by atoms with Gasteiger partial charge in [-0.05, 0) is 26.0 Å². The summed E-state index contributed by atoms with van der Waals surface area (Å²) in [5.74, 6) is -0.811. The summed E-state index contributed by atoms with van der Waals surface area (Å²) in [7, 11) is 0. The third-order valence-corrected chi connectivity index (χ3v) is 3.24. The number of amides is 1. The lowest BCUT2D eigenvalue weighted by Gasteiger charge is -2.14. The minimum atomic E-state index is -0.649. The van der Waals surface area contributed by atoms with Gasteiger partial charge in [-0.1, -0.05) is 11.6 Å². The molecule has 0 bridgehead atoms. The van der Waals surface area contributed by atoms with Gasteiger partial charge >= 0.3 is 5.97 Å². The van der Waals surface area contributed by atoms with Crippen molar-refractivity contribution in [3.05, 3.63) is 22.8 Å². The van der Waals surface area contributed by atoms with Crippen LogP contribution in [0.1, 0.15) is 24.3 Å². The normalized spacial score (nSPS) is 10.4. The van der Waals surface area contributed by atoms with Crippen molar-refractivity contribution >= 4 is 23.5 Å². The van der Waals surface area contributed by atoms with Gasteiger partial charge in [-0.2, -0.15) is 10.3 Å². The minimum Gasteiger partial charge on any atom is -0.490 e. The highest BCUT2D eigenvalue weighted by molar-refractivity contribution is 6.32. The minimum absolute atomic E-state index is 0.0196. The lowest BCUT2D eigenvalue weighted by Crippen LogP contribution is -2.20. The Hall–Kier alpha value is -2.81. The fourth-order valence-corrected chi connectivity index (χ4v) is 2.29. The molecule has 9 nitrogen and oxygen atoms in total. The predicted octanol–water partition coefficient (Wildman–Crippen LogP) is 1.56. The van der Waals surface area contributed by atoms with Crippen molar-refractivity contribution in [2.24, 2.45) is 5.73 Å². The maximum absolute atomic E-state index is 12.0. The smallest absolute Gasteiger partial charge is 0.361 e. The van der Waals surface area contributed by atoms with Crippen molar-refractivity contribution < 1.29 is 23.8 Å². The number of hydrogen-bond donors (Lipinski definition) is 2. The molecular weight excluding hydrogens is 352 g/mol. The fourth-order valence-electron chi connectivity index (χ4n) is 2.02. The highest BCUT2D eigenvalue weighted by atomic mass is 35.5. The van der Waals surface area contributed by atoms with Gasteiger partial charge in [0.15, 0.2) is 23.8 Å². The number of halogens is 1. The standard InChI is InChI=1S/C15H17ClN4O5/c1-3-23-10-6-8(5-9(16)14(10)25-7-11(17)21)12-13(19-20-18-12)15(22)24-4-2/h5-6H,3-4,7H2,1-2H3,(H2,17,21)(H,18,19,20). The van der Waals surface area contributed by atoms with Crippen LogP contribution < -0.4 is 15.2 Å². The molecule has 0 spiro atoms. The van der Waals surface area contributed by atoms with Crippen molar-refractivity contribution in [3.63, 3.8) is 0 Å². The first kappa shape index (κ1) is 18.5. The summed E-state index contributed by atoms with van der Waals surface area (Å²) >= 11 is 6.23. The molecule has 10 heteroatoms. The molecule has 0 fully saturated rings. The van der Waals surface area contributed by atoms with E-state index in [9.17, 15) is 9.59 Å². The molecular formula is C15H17ClN4O5. The predicted molar refractivity (Wildman–Crippen MR) is 88.6 cm³/mol. The van der Waals surface area contributed by atoms with E-state index in [0.29, 0.717) is 12.2 Å². The number of hydrogen-bond acceptors (Lipinski definition) is 7. The van der Waals surface area contributed by atoms with Gasteiger partial charge in [0.25, 0.3) is 5.91 Å². The number of ether oxygens (including phenoxy) is 3. The molecule has 0 aliphatic rings. The number of benzene rings is 1. The Morgan fingerprint density at radius 1 is 1.20 bits per heavy atom. The first-order chi connectivity index (χ1) is 12.0. The van der Waals surface area contributed by atoms with Gasteiger partial charge in [-0.15, -0.1) is 5.10 Å². The number of rotatable bonds is 8. The monoisotopic (exact) mass is 368 g/mol. The Labute approximate surface area is 148 Å². The largest absolute Gasteiger partial charge is 0.490 e. The Morgan fingerprint density at radius 3 is 2.60 bits per heavy atom. The zero-order chi connectivity index (χ0) is 18.4. The summed E-state index contributed by atoms with van der Waals surface area (Å²) < 4.78 is 15.7. The van der Waals surface area contributed by atoms with Crippen LogP contribution in [0.25, 0.3) is 11.3 Å². The van der Waals surface area contributed by atoms with Gasteiger partial charge < -0.3 is 19.9 Å². The maximum atomic E-state index is 12.0. The third kappa shape index (κ3) is 4.38. The first-order valence-electron chi connectivity index (χ1n) is 7.43. The number of carbonyl (C=O) groups is 2. The van der Waals surface area contributed by atoms with Crippen LogP contribution >= 0.6 is 11.6 Å². The molecule has 1 aromatic carbocycles. The van der Waals surface area contributed by atoms with E-state index >= 15 is 0 Å². The van der Waals surface area contributed by atoms with E-state index in [-0.39, 0.29) is 41.1 Å². The number of nitrogens with two attached hydrogens (primary N) is 1. The second-order valence-corrected chi connectivity index (χ2v) is 5.12. The summed E-state index contributed by atoms with van der Waals surface area (Å²) in [6.45, 7) is 3.65. The number of esters is 1. The number of primary amides is 1. The summed E-state index contributed by atoms with van der Waals surface area (Å²) in [5, 5.41) is 10.3. The van der Waals surface area contributed by atoms with Gasteiger partial charge in [0.1, 0.15) is 5.69 Å². The van der Waals surface area contributed by atoms with Crippen molar-refractivity contribution in [1.29, 1.82) is 0 Å². The van der Waals surface area contributed by atoms with E-state index < -0.39 is 11.9 Å². The highest BCUT2D eigenvalue weighted by Crippen LogP contribution is 2.39. The second kappa shape index (κ2) is 8.34. The van der Waals surface area contributed by atoms with E-state index in [1.165, 1.54) is 6.07 Å². The molecule has 1 heterocycles. The van der Waals surface area contributed by atoms with E-state index in [2.05, 4.69) is 15.4 Å². The molecule has 0 radical (unpaired) electrons. The van der Waals surface area contributed by atoms with Crippen molar-refractivity contribution in [3.8, 4) is 22.8 Å². The summed E-state index contributed by atoms with van der Waals surface area (Å²) in [4.78, 5) is 22.9. The SMILES string of the molecule is CCOC(=O)c1n[nH]nc1-c1cc(Cl)c(OCC(N)=O)c(OCC)c1. The molecule has 1 amide bonds. The van der Waals surface area contributed by atoms with Crippen LogP contribution in [0.5, 0.6) is 11.5 Å². The molecule has 2 aromatic rings. The van der Waals surface area contributed by atoms with E-state index in [1.807, 2.05) is 0 Å². The molecule has 25 heavy (non-hydrogen) atoms. The summed E-state index contributed by atoms with van der Waals surface area (Å²) in [5.41, 5.74) is 5.82. The third-order valence-electron chi connectivity index (χ3n) is 2.96. The Bertz CT molecular complexity index is 777. The fraction of sp³-hybridized carbons (Fsp3) is 0.333. The zero-order valence-electron chi connectivity index (χ0n) is 13.7. The zero-order valence-corrected chi connectivity index (χ0v) is 14.4. The molecule has 0 atom stereocenters. The molecule has 0 saturated carbocycles. The molecule has 0 saturated heterocycles. The molecule has 134 valence electrons. The van der Waals surface area contributed by atoms with Gasteiger partial charge in [-0.3, -0.25) is 4.79 Å². The van der Waals surface area contributed by atoms with Crippen LogP contribution in [0, 0.1) is 0 Å². The number of aromatic nitrogens is 3. The van der Waals surface area contributed by atoms with E-state index in [0.717, 1.165) is 0 Å². The highest BCUT2D eigenvalue weighted by Gasteiger charge is 2.22. The maximum Gasteiger partial charge on any atom is 0.361 e. The number of nitrogens with one attached hydrogen (secondary N) is 1. The molecule has 3 N–H and O–H groups in total. The lowest BCUT2D eigenvalue weighted by atomic mass is 10.1. The van der Waals surface area contributed by atoms with Crippen LogP contribution in [-0.4, -0.2) is 47.1 Å². The molecule has 1 aromatic heterocycles. The summed E-state index contributed by atoms with van der Waals surface area (Å²) in [6, 6.07) is 3.09. The van der Waals surface area contributed by atoms with Crippen LogP contribution in [-0.2, 0) is 9.53 Å². The van der Waals surface area contributed by atoms with Crippen LogP contribution in [0.3, 0.4) is 0 Å². The van der Waals surface area contributed by atoms with Gasteiger partial charge in [0, 0.05) is 5.56 Å². The van der Waals surface area contributed by atoms with Gasteiger partial charge in [0.05, 0.1) is 18.2 Å². The van der Waals surface area contributed by atoms with Crippen LogP contribution in [0.4, 0.5) is 0 Å². The first-order valence-corrected chi connectivity index (χ1v) is 7.81. The average molecular weight is 369 g/mol. The Kier molecular flexibility index (Phi) is 6.18. The average Bonchev–Trinajstić information content (AvgIpc) is 3.04. The molecule has 2 rings (SSSR count). The van der Waals surface area contributed by atoms with Gasteiger partial charge in [0.2, 0.25) is 0 Å². The van der Waals surface area contributed by atoms with Gasteiger partial charge in [-0.25, -0.2) is 4.79 Å².